The summed E-state index contributed by atoms with van der Waals surface area (Å²) in [5.41, 5.74) is 0.640. The first kappa shape index (κ1) is 20.9. The number of piperazine rings is 1. The van der Waals surface area contributed by atoms with E-state index in [1.807, 2.05) is 7.05 Å². The zero-order valence-electron chi connectivity index (χ0n) is 15.9. The lowest BCUT2D eigenvalue weighted by molar-refractivity contribution is -0.116. The van der Waals surface area contributed by atoms with Gasteiger partial charge in [-0.3, -0.25) is 4.79 Å². The molecule has 0 unspecified atom stereocenters. The Morgan fingerprint density at radius 2 is 1.62 bits per heavy atom. The van der Waals surface area contributed by atoms with Crippen LogP contribution in [0.3, 0.4) is 0 Å². The summed E-state index contributed by atoms with van der Waals surface area (Å²) in [5.74, 6) is -0.0174. The van der Waals surface area contributed by atoms with Gasteiger partial charge < -0.3 is 10.2 Å². The summed E-state index contributed by atoms with van der Waals surface area (Å²) in [6.45, 7) is 4.67. The first-order chi connectivity index (χ1) is 12.4. The van der Waals surface area contributed by atoms with Crippen LogP contribution in [-0.4, -0.2) is 56.8 Å². The highest BCUT2D eigenvalue weighted by Gasteiger charge is 2.27. The molecule has 0 bridgehead atoms. The van der Waals surface area contributed by atoms with Gasteiger partial charge in [-0.2, -0.15) is 4.31 Å². The number of hydrogen-bond donors (Lipinski definition) is 1. The summed E-state index contributed by atoms with van der Waals surface area (Å²) in [6.07, 6.45) is 6.04. The van der Waals surface area contributed by atoms with Gasteiger partial charge in [0.1, 0.15) is 0 Å². The molecule has 1 aliphatic rings. The van der Waals surface area contributed by atoms with E-state index in [9.17, 15) is 13.2 Å². The Morgan fingerprint density at radius 1 is 1.00 bits per heavy atom. The highest BCUT2D eigenvalue weighted by Crippen LogP contribution is 2.20. The number of unbranched alkanes of at least 4 members (excludes halogenated alkanes) is 4. The van der Waals surface area contributed by atoms with E-state index in [0.29, 0.717) is 25.2 Å². The van der Waals surface area contributed by atoms with Crippen molar-refractivity contribution in [3.8, 4) is 0 Å². The standard InChI is InChI=1S/C19H31N3O3S/c1-3-4-5-6-7-8-19(23)20-17-9-11-18(12-10-17)26(24,25)22-15-13-21(2)14-16-22/h9-12H,3-8,13-16H2,1-2H3,(H,20,23). The van der Waals surface area contributed by atoms with E-state index in [-0.39, 0.29) is 10.8 Å². The third kappa shape index (κ3) is 6.07. The molecular weight excluding hydrogens is 350 g/mol. The van der Waals surface area contributed by atoms with E-state index in [0.717, 1.165) is 25.9 Å². The number of carbonyl (C=O) groups excluding carboxylic acids is 1. The van der Waals surface area contributed by atoms with Crippen LogP contribution in [0.1, 0.15) is 45.4 Å². The summed E-state index contributed by atoms with van der Waals surface area (Å²) >= 11 is 0. The molecule has 1 saturated heterocycles. The van der Waals surface area contributed by atoms with Crippen LogP contribution in [0.4, 0.5) is 5.69 Å². The SMILES string of the molecule is CCCCCCCC(=O)Nc1ccc(S(=O)(=O)N2CCN(C)CC2)cc1. The van der Waals surface area contributed by atoms with Crippen molar-refractivity contribution in [2.75, 3.05) is 38.5 Å². The first-order valence-electron chi connectivity index (χ1n) is 9.52. The average Bonchev–Trinajstić information content (AvgIpc) is 2.62. The molecule has 1 aromatic rings. The van der Waals surface area contributed by atoms with Crippen molar-refractivity contribution in [2.24, 2.45) is 0 Å². The Morgan fingerprint density at radius 3 is 2.23 bits per heavy atom. The van der Waals surface area contributed by atoms with Gasteiger partial charge in [0.25, 0.3) is 0 Å². The summed E-state index contributed by atoms with van der Waals surface area (Å²) in [5, 5.41) is 2.84. The maximum Gasteiger partial charge on any atom is 0.243 e. The first-order valence-corrected chi connectivity index (χ1v) is 11.0. The van der Waals surface area contributed by atoms with Crippen LogP contribution in [0.5, 0.6) is 0 Å². The van der Waals surface area contributed by atoms with E-state index in [1.165, 1.54) is 23.6 Å². The lowest BCUT2D eigenvalue weighted by Crippen LogP contribution is -2.46. The van der Waals surface area contributed by atoms with E-state index >= 15 is 0 Å². The molecule has 0 aliphatic carbocycles. The topological polar surface area (TPSA) is 69.7 Å². The molecule has 26 heavy (non-hydrogen) atoms. The molecule has 1 amide bonds. The molecule has 0 spiro atoms. The second-order valence-corrected chi connectivity index (χ2v) is 8.88. The number of benzene rings is 1. The van der Waals surface area contributed by atoms with Crippen molar-refractivity contribution in [1.82, 2.24) is 9.21 Å². The molecule has 2 rings (SSSR count). The van der Waals surface area contributed by atoms with Crippen molar-refractivity contribution in [2.45, 2.75) is 50.3 Å². The fraction of sp³-hybridized carbons (Fsp3) is 0.632. The third-order valence-electron chi connectivity index (χ3n) is 4.75. The predicted octanol–water partition coefficient (Wildman–Crippen LogP) is 2.92. The molecule has 0 radical (unpaired) electrons. The normalized spacial score (nSPS) is 16.5. The zero-order chi connectivity index (χ0) is 19.0. The Hall–Kier alpha value is -1.44. The number of nitrogens with one attached hydrogen (secondary N) is 1. The van der Waals surface area contributed by atoms with Gasteiger partial charge in [0.05, 0.1) is 4.90 Å². The second kappa shape index (κ2) is 10.0. The fourth-order valence-electron chi connectivity index (χ4n) is 3.00. The minimum absolute atomic E-state index is 0.0174. The summed E-state index contributed by atoms with van der Waals surface area (Å²) in [4.78, 5) is 14.4. The highest BCUT2D eigenvalue weighted by molar-refractivity contribution is 7.89. The molecule has 0 aromatic heterocycles. The zero-order valence-corrected chi connectivity index (χ0v) is 16.7. The van der Waals surface area contributed by atoms with Crippen LogP contribution in [-0.2, 0) is 14.8 Å². The fourth-order valence-corrected chi connectivity index (χ4v) is 4.42. The Kier molecular flexibility index (Phi) is 8.06. The van der Waals surface area contributed by atoms with Crippen LogP contribution in [0.25, 0.3) is 0 Å². The molecular formula is C19H31N3O3S. The van der Waals surface area contributed by atoms with Crippen LogP contribution < -0.4 is 5.32 Å². The van der Waals surface area contributed by atoms with Gasteiger partial charge in [-0.1, -0.05) is 32.6 Å². The van der Waals surface area contributed by atoms with Crippen molar-refractivity contribution in [3.05, 3.63) is 24.3 Å². The number of rotatable bonds is 9. The Bertz CT molecular complexity index is 666. The van der Waals surface area contributed by atoms with E-state index in [1.54, 1.807) is 24.3 Å². The Balaban J connectivity index is 1.86. The molecule has 0 saturated carbocycles. The van der Waals surface area contributed by atoms with Gasteiger partial charge in [-0.05, 0) is 37.7 Å². The number of amides is 1. The van der Waals surface area contributed by atoms with Crippen molar-refractivity contribution in [1.29, 1.82) is 0 Å². The minimum Gasteiger partial charge on any atom is -0.326 e. The number of nitrogens with zero attached hydrogens (tertiary/aromatic N) is 2. The number of carbonyl (C=O) groups is 1. The predicted molar refractivity (Wildman–Crippen MR) is 105 cm³/mol. The lowest BCUT2D eigenvalue weighted by Gasteiger charge is -2.31. The minimum atomic E-state index is -3.46. The van der Waals surface area contributed by atoms with Crippen LogP contribution in [0.2, 0.25) is 0 Å². The largest absolute Gasteiger partial charge is 0.326 e. The molecule has 1 N–H and O–H groups in total. The van der Waals surface area contributed by atoms with Gasteiger partial charge in [-0.25, -0.2) is 8.42 Å². The second-order valence-electron chi connectivity index (χ2n) is 6.94. The smallest absolute Gasteiger partial charge is 0.243 e. The Labute approximate surface area is 157 Å². The maximum atomic E-state index is 12.7. The van der Waals surface area contributed by atoms with Gasteiger partial charge in [-0.15, -0.1) is 0 Å². The molecule has 1 aromatic carbocycles. The average molecular weight is 382 g/mol. The van der Waals surface area contributed by atoms with Crippen LogP contribution >= 0.6 is 0 Å². The summed E-state index contributed by atoms with van der Waals surface area (Å²) < 4.78 is 26.9. The molecule has 0 atom stereocenters. The number of hydrogen-bond acceptors (Lipinski definition) is 4. The summed E-state index contributed by atoms with van der Waals surface area (Å²) in [7, 11) is -1.47. The van der Waals surface area contributed by atoms with E-state index < -0.39 is 10.0 Å². The molecule has 6 nitrogen and oxygen atoms in total. The van der Waals surface area contributed by atoms with Crippen molar-refractivity contribution >= 4 is 21.6 Å². The third-order valence-corrected chi connectivity index (χ3v) is 6.66. The highest BCUT2D eigenvalue weighted by atomic mass is 32.2. The molecule has 1 aliphatic heterocycles. The quantitative estimate of drug-likeness (QED) is 0.668. The summed E-state index contributed by atoms with van der Waals surface area (Å²) in [6, 6.07) is 6.48. The number of sulfonamides is 1. The number of anilines is 1. The van der Waals surface area contributed by atoms with Gasteiger partial charge in [0.15, 0.2) is 0 Å². The molecule has 146 valence electrons. The number of likely N-dealkylation sites (N-methyl/N-ethyl adjacent to an activating group) is 1. The van der Waals surface area contributed by atoms with E-state index in [2.05, 4.69) is 17.1 Å². The van der Waals surface area contributed by atoms with Gasteiger partial charge >= 0.3 is 0 Å². The monoisotopic (exact) mass is 381 g/mol. The molecule has 1 fully saturated rings. The van der Waals surface area contributed by atoms with Crippen molar-refractivity contribution in [3.63, 3.8) is 0 Å². The molecule has 7 heteroatoms. The maximum absolute atomic E-state index is 12.7. The van der Waals surface area contributed by atoms with E-state index in [4.69, 9.17) is 0 Å². The van der Waals surface area contributed by atoms with Gasteiger partial charge in [0.2, 0.25) is 15.9 Å². The van der Waals surface area contributed by atoms with Crippen LogP contribution in [0.15, 0.2) is 29.2 Å². The van der Waals surface area contributed by atoms with Gasteiger partial charge in [0, 0.05) is 38.3 Å². The lowest BCUT2D eigenvalue weighted by atomic mass is 10.1. The molecule has 1 heterocycles. The van der Waals surface area contributed by atoms with Crippen LogP contribution in [0, 0.1) is 0 Å². The van der Waals surface area contributed by atoms with Crippen molar-refractivity contribution < 1.29 is 13.2 Å².